The Balaban J connectivity index is 1.16. The summed E-state index contributed by atoms with van der Waals surface area (Å²) in [5, 5.41) is 6.20. The summed E-state index contributed by atoms with van der Waals surface area (Å²) in [5.41, 5.74) is -0.0919. The Bertz CT molecular complexity index is 1770. The average Bonchev–Trinajstić information content (AvgIpc) is 3.53. The molecule has 45 heavy (non-hydrogen) atoms. The molecule has 14 nitrogen and oxygen atoms in total. The van der Waals surface area contributed by atoms with Gasteiger partial charge in [-0.15, -0.1) is 0 Å². The van der Waals surface area contributed by atoms with Gasteiger partial charge in [0.2, 0.25) is 0 Å². The van der Waals surface area contributed by atoms with Gasteiger partial charge in [0.25, 0.3) is 16.8 Å². The third-order valence-electron chi connectivity index (χ3n) is 6.52. The summed E-state index contributed by atoms with van der Waals surface area (Å²) in [5.74, 6) is -0.463. The summed E-state index contributed by atoms with van der Waals surface area (Å²) in [4.78, 5) is 30.0. The molecule has 1 N–H and O–H groups in total. The van der Waals surface area contributed by atoms with Gasteiger partial charge in [-0.05, 0) is 58.0 Å². The number of carbonyl (C=O) groups is 2. The molecule has 1 fully saturated rings. The van der Waals surface area contributed by atoms with Crippen LogP contribution in [0.5, 0.6) is 0 Å². The van der Waals surface area contributed by atoms with Gasteiger partial charge in [0.05, 0.1) is 39.7 Å². The van der Waals surface area contributed by atoms with Crippen LogP contribution in [0.15, 0.2) is 64.1 Å². The molecule has 0 bridgehead atoms. The number of carbonyl (C=O) groups excluding carboxylic acids is 2. The fourth-order valence-electron chi connectivity index (χ4n) is 4.00. The van der Waals surface area contributed by atoms with Crippen molar-refractivity contribution in [3.05, 3.63) is 65.9 Å². The van der Waals surface area contributed by atoms with Gasteiger partial charge in [-0.25, -0.2) is 22.6 Å². The van der Waals surface area contributed by atoms with E-state index in [-0.39, 0.29) is 36.2 Å². The maximum atomic E-state index is 13.5. The van der Waals surface area contributed by atoms with Crippen molar-refractivity contribution in [2.45, 2.75) is 44.9 Å². The van der Waals surface area contributed by atoms with Gasteiger partial charge in [-0.2, -0.15) is 22.9 Å². The number of ether oxygens (including phenoxy) is 2. The number of esters is 1. The summed E-state index contributed by atoms with van der Waals surface area (Å²) in [6.45, 7) is 6.83. The number of sulfonamides is 1. The highest BCUT2D eigenvalue weighted by Crippen LogP contribution is 2.33. The third kappa shape index (κ3) is 7.27. The molecule has 1 amide bonds. The number of rotatable bonds is 9. The van der Waals surface area contributed by atoms with Gasteiger partial charge in [0.15, 0.2) is 5.69 Å². The van der Waals surface area contributed by atoms with E-state index in [0.29, 0.717) is 5.56 Å². The van der Waals surface area contributed by atoms with E-state index in [1.165, 1.54) is 17.1 Å². The van der Waals surface area contributed by atoms with Gasteiger partial charge in [-0.1, -0.05) is 29.8 Å². The third-order valence-corrected chi connectivity index (χ3v) is 7.85. The Morgan fingerprint density at radius 3 is 2.29 bits per heavy atom. The van der Waals surface area contributed by atoms with E-state index in [1.807, 2.05) is 11.6 Å². The van der Waals surface area contributed by atoms with Crippen LogP contribution in [0, 0.1) is 12.3 Å². The molecule has 0 saturated carbocycles. The molecule has 1 saturated heterocycles. The number of aryl methyl sites for hydroxylation is 1. The standard InChI is InChI=1S/C27H29F3N6O8S/c1-17-5-7-18(8-6-17)22-13-23(27(28,29)30)31-34(22)19-9-11-21(12-10-19)45(39,40)32-25(38)43-20-14-33(15-20)35-36(44-35)42-16-41-24(37)26(2,3)4/h5-13,20H,14-16H2,1-4H3,(H,32,38). The Morgan fingerprint density at radius 2 is 1.69 bits per heavy atom. The first-order chi connectivity index (χ1) is 21.0. The zero-order valence-corrected chi connectivity index (χ0v) is 25.3. The molecule has 2 aromatic carbocycles. The Labute approximate surface area is 254 Å². The summed E-state index contributed by atoms with van der Waals surface area (Å²) in [6.07, 6.45) is -6.59. The van der Waals surface area contributed by atoms with Crippen LogP contribution in [0.1, 0.15) is 32.0 Å². The first-order valence-electron chi connectivity index (χ1n) is 13.4. The summed E-state index contributed by atoms with van der Waals surface area (Å²) < 4.78 is 84.0. The number of amides is 1. The lowest BCUT2D eigenvalue weighted by Gasteiger charge is -2.34. The highest BCUT2D eigenvalue weighted by Gasteiger charge is 2.38. The van der Waals surface area contributed by atoms with Gasteiger partial charge in [0.1, 0.15) is 11.1 Å². The second-order valence-electron chi connectivity index (χ2n) is 11.2. The summed E-state index contributed by atoms with van der Waals surface area (Å²) in [7, 11) is -4.38. The molecule has 18 heteroatoms. The minimum Gasteiger partial charge on any atom is -0.442 e. The van der Waals surface area contributed by atoms with Crippen molar-refractivity contribution in [1.29, 1.82) is 0 Å². The fraction of sp³-hybridized carbons (Fsp3) is 0.370. The van der Waals surface area contributed by atoms with E-state index in [4.69, 9.17) is 18.9 Å². The summed E-state index contributed by atoms with van der Waals surface area (Å²) in [6, 6.07) is 12.5. The number of nitrogens with zero attached hydrogens (tertiary/aromatic N) is 5. The molecule has 0 aliphatic carbocycles. The fourth-order valence-corrected chi connectivity index (χ4v) is 4.88. The first-order valence-corrected chi connectivity index (χ1v) is 14.9. The van der Waals surface area contributed by atoms with Crippen molar-refractivity contribution < 1.29 is 50.1 Å². The number of alkyl halides is 3. The minimum atomic E-state index is -4.70. The quantitative estimate of drug-likeness (QED) is 0.210. The molecule has 0 atom stereocenters. The molecule has 2 aromatic heterocycles. The molecule has 1 aliphatic rings. The van der Waals surface area contributed by atoms with Crippen LogP contribution < -0.4 is 14.6 Å². The first kappa shape index (κ1) is 31.6. The van der Waals surface area contributed by atoms with Gasteiger partial charge in [0, 0.05) is 5.56 Å². The predicted octanol–water partition coefficient (Wildman–Crippen LogP) is 3.47. The number of aromatic nitrogens is 4. The summed E-state index contributed by atoms with van der Waals surface area (Å²) >= 11 is 0. The van der Waals surface area contributed by atoms with E-state index < -0.39 is 45.5 Å². The molecule has 0 radical (unpaired) electrons. The average molecular weight is 655 g/mol. The predicted molar refractivity (Wildman–Crippen MR) is 149 cm³/mol. The molecular formula is C27H29F3N6O8S. The van der Waals surface area contributed by atoms with Crippen LogP contribution in [-0.2, 0) is 30.5 Å². The molecule has 3 heterocycles. The lowest BCUT2D eigenvalue weighted by atomic mass is 9.98. The normalized spacial score (nSPS) is 14.2. The van der Waals surface area contributed by atoms with E-state index >= 15 is 0 Å². The second kappa shape index (κ2) is 11.6. The minimum absolute atomic E-state index is 0.150. The van der Waals surface area contributed by atoms with E-state index in [9.17, 15) is 31.2 Å². The smallest absolute Gasteiger partial charge is 0.435 e. The number of halogens is 3. The molecule has 242 valence electrons. The van der Waals surface area contributed by atoms with Crippen LogP contribution in [0.25, 0.3) is 16.9 Å². The number of hydrogen-bond donors (Lipinski definition) is 1. The molecule has 5 rings (SSSR count). The number of nitrogens with one attached hydrogen (secondary N) is 1. The lowest BCUT2D eigenvalue weighted by Crippen LogP contribution is -2.58. The molecule has 1 aliphatic heterocycles. The number of benzene rings is 2. The van der Waals surface area contributed by atoms with E-state index in [2.05, 4.69) is 5.10 Å². The van der Waals surface area contributed by atoms with Crippen LogP contribution >= 0.6 is 0 Å². The van der Waals surface area contributed by atoms with Crippen LogP contribution in [0.4, 0.5) is 18.0 Å². The second-order valence-corrected chi connectivity index (χ2v) is 12.9. The van der Waals surface area contributed by atoms with Crippen molar-refractivity contribution in [3.8, 4) is 16.9 Å². The van der Waals surface area contributed by atoms with Crippen molar-refractivity contribution in [1.82, 2.24) is 24.5 Å². The monoisotopic (exact) mass is 654 g/mol. The van der Waals surface area contributed by atoms with Crippen molar-refractivity contribution in [2.24, 2.45) is 5.41 Å². The SMILES string of the molecule is Cc1ccc(-c2cc(C(F)(F)F)nn2-c2ccc(S(=O)(=O)NC(=O)OC3CN(n4on4OCOC(=O)C(C)(C)C)C3)cc2)cc1. The molecular weight excluding hydrogens is 625 g/mol. The maximum Gasteiger partial charge on any atom is 0.435 e. The van der Waals surface area contributed by atoms with E-state index in [1.54, 1.807) is 50.0 Å². The Kier molecular flexibility index (Phi) is 8.11. The van der Waals surface area contributed by atoms with Crippen molar-refractivity contribution >= 4 is 22.1 Å². The zero-order valence-electron chi connectivity index (χ0n) is 24.4. The molecule has 0 unspecified atom stereocenters. The maximum absolute atomic E-state index is 13.5. The number of hydrogen-bond acceptors (Lipinski definition) is 10. The molecule has 0 spiro atoms. The highest BCUT2D eigenvalue weighted by molar-refractivity contribution is 7.90. The Hall–Kier alpha value is -4.87. The van der Waals surface area contributed by atoms with Crippen LogP contribution in [0.3, 0.4) is 0 Å². The van der Waals surface area contributed by atoms with Gasteiger partial charge >= 0.3 is 18.2 Å². The van der Waals surface area contributed by atoms with Gasteiger partial charge in [-0.3, -0.25) is 9.80 Å². The van der Waals surface area contributed by atoms with Crippen molar-refractivity contribution in [2.75, 3.05) is 24.9 Å². The molecule has 4 aromatic rings. The van der Waals surface area contributed by atoms with Crippen LogP contribution in [-0.4, -0.2) is 66.2 Å². The van der Waals surface area contributed by atoms with Crippen molar-refractivity contribution in [3.63, 3.8) is 0 Å². The lowest BCUT2D eigenvalue weighted by molar-refractivity contribution is -0.168. The largest absolute Gasteiger partial charge is 0.442 e. The Morgan fingerprint density at radius 1 is 1.04 bits per heavy atom. The van der Waals surface area contributed by atoms with Gasteiger partial charge < -0.3 is 14.3 Å². The van der Waals surface area contributed by atoms with E-state index in [0.717, 1.165) is 33.5 Å². The van der Waals surface area contributed by atoms with Crippen LogP contribution in [0.2, 0.25) is 0 Å². The zero-order chi connectivity index (χ0) is 32.7. The topological polar surface area (TPSA) is 152 Å². The highest BCUT2D eigenvalue weighted by atomic mass is 32.2.